The van der Waals surface area contributed by atoms with E-state index in [0.29, 0.717) is 25.5 Å². The highest BCUT2D eigenvalue weighted by atomic mass is 32.2. The van der Waals surface area contributed by atoms with Crippen molar-refractivity contribution in [2.75, 3.05) is 25.2 Å². The Morgan fingerprint density at radius 1 is 1.29 bits per heavy atom. The van der Waals surface area contributed by atoms with Gasteiger partial charge in [0.1, 0.15) is 5.75 Å². The van der Waals surface area contributed by atoms with Gasteiger partial charge in [-0.25, -0.2) is 0 Å². The smallest absolute Gasteiger partial charge is 0.236 e. The summed E-state index contributed by atoms with van der Waals surface area (Å²) in [6.07, 6.45) is 2.72. The van der Waals surface area contributed by atoms with Gasteiger partial charge in [-0.15, -0.1) is 0 Å². The monoisotopic (exact) mass is 352 g/mol. The second kappa shape index (κ2) is 9.94. The SMILES string of the molecule is CSCC[C@H](N)C(=O)NCC(C)(C)c1ccc(OCC(C)C)cc1. The lowest BCUT2D eigenvalue weighted by molar-refractivity contribution is -0.122. The predicted octanol–water partition coefficient (Wildman–Crippen LogP) is 3.20. The first-order valence-electron chi connectivity index (χ1n) is 8.52. The second-order valence-electron chi connectivity index (χ2n) is 7.22. The van der Waals surface area contributed by atoms with Gasteiger partial charge in [0, 0.05) is 12.0 Å². The molecule has 0 aliphatic heterocycles. The van der Waals surface area contributed by atoms with E-state index >= 15 is 0 Å². The quantitative estimate of drug-likeness (QED) is 0.679. The van der Waals surface area contributed by atoms with Crippen molar-refractivity contribution in [3.05, 3.63) is 29.8 Å². The van der Waals surface area contributed by atoms with Crippen LogP contribution in [-0.2, 0) is 10.2 Å². The topological polar surface area (TPSA) is 64.4 Å². The number of amides is 1. The Kier molecular flexibility index (Phi) is 8.63. The molecule has 0 radical (unpaired) electrons. The fourth-order valence-corrected chi connectivity index (χ4v) is 2.67. The summed E-state index contributed by atoms with van der Waals surface area (Å²) in [6.45, 7) is 9.77. The molecule has 0 aliphatic rings. The van der Waals surface area contributed by atoms with Crippen LogP contribution in [0.3, 0.4) is 0 Å². The van der Waals surface area contributed by atoms with E-state index < -0.39 is 6.04 Å². The summed E-state index contributed by atoms with van der Waals surface area (Å²) in [4.78, 5) is 12.1. The molecule has 0 spiro atoms. The maximum Gasteiger partial charge on any atom is 0.236 e. The fraction of sp³-hybridized carbons (Fsp3) is 0.632. The summed E-state index contributed by atoms with van der Waals surface area (Å²) >= 11 is 1.70. The lowest BCUT2D eigenvalue weighted by Crippen LogP contribution is -2.45. The van der Waals surface area contributed by atoms with Gasteiger partial charge in [-0.1, -0.05) is 39.8 Å². The lowest BCUT2D eigenvalue weighted by atomic mass is 9.84. The molecular formula is C19H32N2O2S. The molecule has 0 saturated heterocycles. The van der Waals surface area contributed by atoms with Crippen molar-refractivity contribution < 1.29 is 9.53 Å². The van der Waals surface area contributed by atoms with Crippen LogP contribution in [0.4, 0.5) is 0 Å². The van der Waals surface area contributed by atoms with Crippen molar-refractivity contribution in [2.24, 2.45) is 11.7 Å². The Hall–Kier alpha value is -1.20. The molecule has 0 heterocycles. The first kappa shape index (κ1) is 20.8. The average Bonchev–Trinajstić information content (AvgIpc) is 2.56. The third-order valence-electron chi connectivity index (χ3n) is 3.89. The van der Waals surface area contributed by atoms with Crippen molar-refractivity contribution in [1.82, 2.24) is 5.32 Å². The molecule has 4 nitrogen and oxygen atoms in total. The van der Waals surface area contributed by atoms with E-state index in [0.717, 1.165) is 17.1 Å². The standard InChI is InChI=1S/C19H32N2O2S/c1-14(2)12-23-16-8-6-15(7-9-16)19(3,4)13-21-18(22)17(20)10-11-24-5/h6-9,14,17H,10-13,20H2,1-5H3,(H,21,22)/t17-/m0/s1. The molecule has 0 unspecified atom stereocenters. The molecule has 24 heavy (non-hydrogen) atoms. The number of hydrogen-bond acceptors (Lipinski definition) is 4. The summed E-state index contributed by atoms with van der Waals surface area (Å²) in [5, 5.41) is 2.98. The molecule has 5 heteroatoms. The Morgan fingerprint density at radius 3 is 2.46 bits per heavy atom. The van der Waals surface area contributed by atoms with Gasteiger partial charge in [-0.2, -0.15) is 11.8 Å². The lowest BCUT2D eigenvalue weighted by Gasteiger charge is -2.26. The Bertz CT molecular complexity index is 501. The Labute approximate surface area is 150 Å². The highest BCUT2D eigenvalue weighted by Crippen LogP contribution is 2.25. The van der Waals surface area contributed by atoms with E-state index in [2.05, 4.69) is 45.1 Å². The zero-order valence-corrected chi connectivity index (χ0v) is 16.4. The van der Waals surface area contributed by atoms with Gasteiger partial charge in [0.15, 0.2) is 0 Å². The molecule has 0 fully saturated rings. The maximum atomic E-state index is 12.1. The number of nitrogens with two attached hydrogens (primary N) is 1. The van der Waals surface area contributed by atoms with E-state index in [1.807, 2.05) is 18.4 Å². The van der Waals surface area contributed by atoms with E-state index in [-0.39, 0.29) is 11.3 Å². The van der Waals surface area contributed by atoms with Gasteiger partial charge in [0.2, 0.25) is 5.91 Å². The van der Waals surface area contributed by atoms with Gasteiger partial charge < -0.3 is 15.8 Å². The van der Waals surface area contributed by atoms with E-state index in [4.69, 9.17) is 10.5 Å². The van der Waals surface area contributed by atoms with Gasteiger partial charge in [0.05, 0.1) is 12.6 Å². The third-order valence-corrected chi connectivity index (χ3v) is 4.54. The maximum absolute atomic E-state index is 12.1. The number of carbonyl (C=O) groups is 1. The van der Waals surface area contributed by atoms with Crippen molar-refractivity contribution in [3.8, 4) is 5.75 Å². The molecule has 3 N–H and O–H groups in total. The van der Waals surface area contributed by atoms with Crippen molar-refractivity contribution in [3.63, 3.8) is 0 Å². The predicted molar refractivity (Wildman–Crippen MR) is 104 cm³/mol. The summed E-state index contributed by atoms with van der Waals surface area (Å²) in [6, 6.07) is 7.68. The van der Waals surface area contributed by atoms with Gasteiger partial charge in [-0.05, 0) is 42.0 Å². The molecule has 1 amide bonds. The van der Waals surface area contributed by atoms with Crippen molar-refractivity contribution >= 4 is 17.7 Å². The van der Waals surface area contributed by atoms with Crippen LogP contribution in [0.25, 0.3) is 0 Å². The molecular weight excluding hydrogens is 320 g/mol. The average molecular weight is 353 g/mol. The van der Waals surface area contributed by atoms with E-state index in [1.54, 1.807) is 11.8 Å². The number of thioether (sulfide) groups is 1. The minimum Gasteiger partial charge on any atom is -0.493 e. The van der Waals surface area contributed by atoms with Crippen LogP contribution in [0.2, 0.25) is 0 Å². The number of ether oxygens (including phenoxy) is 1. The molecule has 1 atom stereocenters. The largest absolute Gasteiger partial charge is 0.493 e. The molecule has 1 rings (SSSR count). The van der Waals surface area contributed by atoms with Gasteiger partial charge in [-0.3, -0.25) is 4.79 Å². The van der Waals surface area contributed by atoms with Gasteiger partial charge >= 0.3 is 0 Å². The molecule has 0 saturated carbocycles. The molecule has 0 aliphatic carbocycles. The zero-order chi connectivity index (χ0) is 18.2. The summed E-state index contributed by atoms with van der Waals surface area (Å²) in [5.74, 6) is 2.21. The molecule has 136 valence electrons. The van der Waals surface area contributed by atoms with Crippen molar-refractivity contribution in [1.29, 1.82) is 0 Å². The second-order valence-corrected chi connectivity index (χ2v) is 8.20. The van der Waals surface area contributed by atoms with Crippen LogP contribution in [0.15, 0.2) is 24.3 Å². The summed E-state index contributed by atoms with van der Waals surface area (Å²) in [7, 11) is 0. The van der Waals surface area contributed by atoms with Crippen LogP contribution < -0.4 is 15.8 Å². The number of hydrogen-bond donors (Lipinski definition) is 2. The number of rotatable bonds is 10. The van der Waals surface area contributed by atoms with Crippen LogP contribution in [0.1, 0.15) is 39.7 Å². The first-order valence-corrected chi connectivity index (χ1v) is 9.91. The zero-order valence-electron chi connectivity index (χ0n) is 15.6. The number of nitrogens with one attached hydrogen (secondary N) is 1. The summed E-state index contributed by atoms with van der Waals surface area (Å²) < 4.78 is 5.71. The van der Waals surface area contributed by atoms with E-state index in [9.17, 15) is 4.79 Å². The molecule has 0 bridgehead atoms. The van der Waals surface area contributed by atoms with Crippen molar-refractivity contribution in [2.45, 2.75) is 45.6 Å². The molecule has 0 aromatic heterocycles. The normalized spacial score (nSPS) is 13.0. The first-order chi connectivity index (χ1) is 11.3. The van der Waals surface area contributed by atoms with Crippen LogP contribution in [0, 0.1) is 5.92 Å². The number of benzene rings is 1. The minimum absolute atomic E-state index is 0.0750. The van der Waals surface area contributed by atoms with Crippen LogP contribution in [-0.4, -0.2) is 37.1 Å². The summed E-state index contributed by atoms with van der Waals surface area (Å²) in [5.41, 5.74) is 6.91. The molecule has 1 aromatic rings. The third kappa shape index (κ3) is 7.14. The van der Waals surface area contributed by atoms with Gasteiger partial charge in [0.25, 0.3) is 0 Å². The fourth-order valence-electron chi connectivity index (χ4n) is 2.18. The molecule has 1 aromatic carbocycles. The minimum atomic E-state index is -0.431. The highest BCUT2D eigenvalue weighted by molar-refractivity contribution is 7.98. The van der Waals surface area contributed by atoms with E-state index in [1.165, 1.54) is 0 Å². The number of carbonyl (C=O) groups excluding carboxylic acids is 1. The Morgan fingerprint density at radius 2 is 1.92 bits per heavy atom. The highest BCUT2D eigenvalue weighted by Gasteiger charge is 2.23. The van der Waals surface area contributed by atoms with Crippen LogP contribution >= 0.6 is 11.8 Å². The Balaban J connectivity index is 2.56. The van der Waals surface area contributed by atoms with Crippen LogP contribution in [0.5, 0.6) is 5.75 Å².